The Balaban J connectivity index is 2.13. The van der Waals surface area contributed by atoms with Crippen LogP contribution in [0, 0.1) is 0 Å². The number of aliphatic hydroxyl groups is 1. The maximum atomic E-state index is 10.0. The summed E-state index contributed by atoms with van der Waals surface area (Å²) < 4.78 is 0. The van der Waals surface area contributed by atoms with Crippen molar-refractivity contribution in [1.82, 2.24) is 5.48 Å². The maximum Gasteiger partial charge on any atom is 0.105 e. The summed E-state index contributed by atoms with van der Waals surface area (Å²) in [5, 5.41) is 10.0. The molecule has 0 fully saturated rings. The largest absolute Gasteiger partial charge is 0.386 e. The van der Waals surface area contributed by atoms with Gasteiger partial charge in [-0.3, -0.25) is 10.3 Å². The monoisotopic (exact) mass is 255 g/mol. The van der Waals surface area contributed by atoms with Crippen LogP contribution in [0.5, 0.6) is 0 Å². The molecule has 0 saturated carbocycles. The maximum absolute atomic E-state index is 10.0. The van der Waals surface area contributed by atoms with Gasteiger partial charge in [0.2, 0.25) is 0 Å². The summed E-state index contributed by atoms with van der Waals surface area (Å²) >= 11 is 0. The van der Waals surface area contributed by atoms with Crippen LogP contribution in [0.3, 0.4) is 0 Å². The molecule has 0 aliphatic carbocycles. The third kappa shape index (κ3) is 3.68. The van der Waals surface area contributed by atoms with E-state index in [0.29, 0.717) is 0 Å². The zero-order valence-electron chi connectivity index (χ0n) is 10.6. The Bertz CT molecular complexity index is 525. The second-order valence-electron chi connectivity index (χ2n) is 4.14. The first-order valence-corrected chi connectivity index (χ1v) is 6.13. The Hall–Kier alpha value is -2.10. The third-order valence-corrected chi connectivity index (χ3v) is 2.79. The van der Waals surface area contributed by atoms with Gasteiger partial charge in [-0.2, -0.15) is 0 Å². The average Bonchev–Trinajstić information content (AvgIpc) is 2.48. The summed E-state index contributed by atoms with van der Waals surface area (Å²) in [5.74, 6) is 0. The molecule has 0 spiro atoms. The molecule has 2 N–H and O–H groups in total. The van der Waals surface area contributed by atoms with E-state index in [1.807, 2.05) is 54.6 Å². The topological polar surface area (TPSA) is 41.5 Å². The highest BCUT2D eigenvalue weighted by atomic mass is 16.6. The van der Waals surface area contributed by atoms with Crippen LogP contribution in [0.25, 0.3) is 11.1 Å². The van der Waals surface area contributed by atoms with Crippen LogP contribution in [0.4, 0.5) is 0 Å². The Morgan fingerprint density at radius 3 is 2.58 bits per heavy atom. The first-order valence-electron chi connectivity index (χ1n) is 6.13. The molecule has 1 unspecified atom stereocenters. The van der Waals surface area contributed by atoms with Crippen molar-refractivity contribution in [2.24, 2.45) is 0 Å². The van der Waals surface area contributed by atoms with Gasteiger partial charge in [-0.25, -0.2) is 0 Å². The normalized spacial score (nSPS) is 11.8. The van der Waals surface area contributed by atoms with Crippen LogP contribution in [0.2, 0.25) is 0 Å². The Morgan fingerprint density at radius 2 is 1.84 bits per heavy atom. The molecule has 3 heteroatoms. The van der Waals surface area contributed by atoms with Gasteiger partial charge in [0.05, 0.1) is 0 Å². The molecule has 0 amide bonds. The number of aliphatic hydroxyl groups excluding tert-OH is 1. The third-order valence-electron chi connectivity index (χ3n) is 2.79. The molecule has 98 valence electrons. The van der Waals surface area contributed by atoms with Gasteiger partial charge in [0.1, 0.15) is 12.7 Å². The molecule has 0 aromatic heterocycles. The predicted molar refractivity (Wildman–Crippen MR) is 76.1 cm³/mol. The lowest BCUT2D eigenvalue weighted by Gasteiger charge is -2.12. The lowest BCUT2D eigenvalue weighted by Crippen LogP contribution is -2.13. The second-order valence-corrected chi connectivity index (χ2v) is 4.14. The van der Waals surface area contributed by atoms with Crippen molar-refractivity contribution in [3.63, 3.8) is 0 Å². The van der Waals surface area contributed by atoms with Crippen molar-refractivity contribution in [3.8, 4) is 11.1 Å². The van der Waals surface area contributed by atoms with Crippen molar-refractivity contribution < 1.29 is 9.94 Å². The van der Waals surface area contributed by atoms with E-state index in [-0.39, 0.29) is 6.61 Å². The van der Waals surface area contributed by atoms with Crippen molar-refractivity contribution in [2.75, 3.05) is 6.61 Å². The molecule has 3 nitrogen and oxygen atoms in total. The second kappa shape index (κ2) is 6.73. The van der Waals surface area contributed by atoms with Gasteiger partial charge in [0.25, 0.3) is 0 Å². The highest BCUT2D eigenvalue weighted by Gasteiger charge is 2.08. The van der Waals surface area contributed by atoms with Gasteiger partial charge < -0.3 is 5.11 Å². The summed E-state index contributed by atoms with van der Waals surface area (Å²) in [6, 6.07) is 17.9. The number of rotatable bonds is 6. The molecule has 2 rings (SSSR count). The van der Waals surface area contributed by atoms with Crippen molar-refractivity contribution in [3.05, 3.63) is 72.9 Å². The molecule has 0 aliphatic rings. The van der Waals surface area contributed by atoms with Gasteiger partial charge in [-0.05, 0) is 22.8 Å². The number of hydrogen-bond acceptors (Lipinski definition) is 3. The summed E-state index contributed by atoms with van der Waals surface area (Å²) in [6.07, 6.45) is 0.753. The van der Waals surface area contributed by atoms with E-state index in [1.54, 1.807) is 0 Å². The van der Waals surface area contributed by atoms with E-state index in [4.69, 9.17) is 4.84 Å². The Morgan fingerprint density at radius 1 is 1.11 bits per heavy atom. The highest BCUT2D eigenvalue weighted by Crippen LogP contribution is 2.23. The number of hydroxylamine groups is 1. The van der Waals surface area contributed by atoms with Crippen molar-refractivity contribution >= 4 is 0 Å². The minimum atomic E-state index is -0.670. The standard InChI is InChI=1S/C16H17NO2/c1-2-17-19-12-16(18)15-10-6-9-14(11-15)13-7-4-3-5-8-13/h2-11,16-18H,1,12H2. The van der Waals surface area contributed by atoms with E-state index >= 15 is 0 Å². The molecule has 19 heavy (non-hydrogen) atoms. The molecule has 0 bridgehead atoms. The molecular weight excluding hydrogens is 238 g/mol. The molecule has 1 atom stereocenters. The van der Waals surface area contributed by atoms with E-state index in [9.17, 15) is 5.11 Å². The first kappa shape index (κ1) is 13.3. The molecule has 0 saturated heterocycles. The zero-order valence-corrected chi connectivity index (χ0v) is 10.6. The fraction of sp³-hybridized carbons (Fsp3) is 0.125. The number of hydrogen-bond donors (Lipinski definition) is 2. The molecule has 2 aromatic carbocycles. The predicted octanol–water partition coefficient (Wildman–Crippen LogP) is 3.05. The van der Waals surface area contributed by atoms with Gasteiger partial charge in [-0.15, -0.1) is 0 Å². The van der Waals surface area contributed by atoms with Crippen LogP contribution in [-0.2, 0) is 4.84 Å². The first-order chi connectivity index (χ1) is 9.31. The van der Waals surface area contributed by atoms with E-state index in [0.717, 1.165) is 16.7 Å². The van der Waals surface area contributed by atoms with E-state index in [2.05, 4.69) is 12.1 Å². The number of benzene rings is 2. The SMILES string of the molecule is C=CNOCC(O)c1cccc(-c2ccccc2)c1. The molecular formula is C16H17NO2. The summed E-state index contributed by atoms with van der Waals surface area (Å²) in [5.41, 5.74) is 5.53. The number of nitrogens with one attached hydrogen (secondary N) is 1. The quantitative estimate of drug-likeness (QED) is 0.615. The van der Waals surface area contributed by atoms with Crippen LogP contribution in [0.1, 0.15) is 11.7 Å². The molecule has 0 heterocycles. The fourth-order valence-electron chi connectivity index (χ4n) is 1.84. The highest BCUT2D eigenvalue weighted by molar-refractivity contribution is 5.64. The fourth-order valence-corrected chi connectivity index (χ4v) is 1.84. The Labute approximate surface area is 113 Å². The van der Waals surface area contributed by atoms with Gasteiger partial charge in [0.15, 0.2) is 0 Å². The smallest absolute Gasteiger partial charge is 0.105 e. The summed E-state index contributed by atoms with van der Waals surface area (Å²) in [4.78, 5) is 5.03. The minimum Gasteiger partial charge on any atom is -0.386 e. The zero-order chi connectivity index (χ0) is 13.5. The lowest BCUT2D eigenvalue weighted by atomic mass is 10.0. The van der Waals surface area contributed by atoms with Gasteiger partial charge in [0, 0.05) is 6.20 Å². The average molecular weight is 255 g/mol. The van der Waals surface area contributed by atoms with Gasteiger partial charge >= 0.3 is 0 Å². The van der Waals surface area contributed by atoms with E-state index < -0.39 is 6.10 Å². The van der Waals surface area contributed by atoms with E-state index in [1.165, 1.54) is 6.20 Å². The molecule has 2 aromatic rings. The summed E-state index contributed by atoms with van der Waals surface area (Å²) in [6.45, 7) is 3.64. The van der Waals surface area contributed by atoms with Crippen LogP contribution < -0.4 is 5.48 Å². The lowest BCUT2D eigenvalue weighted by molar-refractivity contribution is -0.00151. The van der Waals surface area contributed by atoms with Crippen molar-refractivity contribution in [2.45, 2.75) is 6.10 Å². The molecule has 0 radical (unpaired) electrons. The van der Waals surface area contributed by atoms with Gasteiger partial charge in [-0.1, -0.05) is 55.1 Å². The Kier molecular flexibility index (Phi) is 4.72. The van der Waals surface area contributed by atoms with Crippen LogP contribution >= 0.6 is 0 Å². The minimum absolute atomic E-state index is 0.171. The van der Waals surface area contributed by atoms with Crippen LogP contribution in [-0.4, -0.2) is 11.7 Å². The van der Waals surface area contributed by atoms with Crippen molar-refractivity contribution in [1.29, 1.82) is 0 Å². The summed E-state index contributed by atoms with van der Waals surface area (Å²) in [7, 11) is 0. The van der Waals surface area contributed by atoms with Crippen LogP contribution in [0.15, 0.2) is 67.4 Å². The molecule has 0 aliphatic heterocycles.